The molecule has 31 heavy (non-hydrogen) atoms. The molecule has 7 nitrogen and oxygen atoms in total. The summed E-state index contributed by atoms with van der Waals surface area (Å²) in [6.07, 6.45) is 1.63. The molecule has 2 aliphatic heterocycles. The van der Waals surface area contributed by atoms with E-state index in [0.717, 1.165) is 15.7 Å². The van der Waals surface area contributed by atoms with Gasteiger partial charge in [0.25, 0.3) is 11.8 Å². The van der Waals surface area contributed by atoms with Crippen LogP contribution in [0.25, 0.3) is 10.8 Å². The summed E-state index contributed by atoms with van der Waals surface area (Å²) < 4.78 is 0. The zero-order valence-corrected chi connectivity index (χ0v) is 16.8. The zero-order valence-electron chi connectivity index (χ0n) is 16.8. The highest BCUT2D eigenvalue weighted by Crippen LogP contribution is 2.30. The van der Waals surface area contributed by atoms with Crippen molar-refractivity contribution < 1.29 is 14.4 Å². The number of carbonyl (C=O) groups excluding carboxylic acids is 3. The van der Waals surface area contributed by atoms with Crippen LogP contribution in [-0.4, -0.2) is 41.9 Å². The van der Waals surface area contributed by atoms with Crippen molar-refractivity contribution in [3.8, 4) is 0 Å². The molecule has 2 unspecified atom stereocenters. The van der Waals surface area contributed by atoms with Crippen molar-refractivity contribution in [1.82, 2.24) is 10.2 Å². The summed E-state index contributed by atoms with van der Waals surface area (Å²) >= 11 is 0. The summed E-state index contributed by atoms with van der Waals surface area (Å²) in [5.74, 6) is -0.719. The first kappa shape index (κ1) is 18.9. The molecular formula is C24H20N4O3. The van der Waals surface area contributed by atoms with Gasteiger partial charge in [0.15, 0.2) is 0 Å². The Morgan fingerprint density at radius 3 is 2.45 bits per heavy atom. The Balaban J connectivity index is 1.42. The molecule has 2 aliphatic rings. The molecule has 2 heterocycles. The molecule has 0 saturated carbocycles. The summed E-state index contributed by atoms with van der Waals surface area (Å²) in [4.78, 5) is 41.9. The molecule has 0 aliphatic carbocycles. The molecule has 1 saturated heterocycles. The lowest BCUT2D eigenvalue weighted by Crippen LogP contribution is -2.65. The lowest BCUT2D eigenvalue weighted by Gasteiger charge is -2.37. The number of hydrogen-bond donors (Lipinski definition) is 2. The average Bonchev–Trinajstić information content (AvgIpc) is 3.11. The number of benzene rings is 3. The topological polar surface area (TPSA) is 81.8 Å². The third kappa shape index (κ3) is 3.11. The first-order valence-corrected chi connectivity index (χ1v) is 9.97. The molecule has 7 heteroatoms. The lowest BCUT2D eigenvalue weighted by molar-refractivity contribution is -0.122. The van der Waals surface area contributed by atoms with E-state index in [1.807, 2.05) is 48.5 Å². The zero-order chi connectivity index (χ0) is 21.5. The van der Waals surface area contributed by atoms with Crippen molar-refractivity contribution >= 4 is 40.0 Å². The monoisotopic (exact) mass is 412 g/mol. The maximum atomic E-state index is 13.2. The minimum Gasteiger partial charge on any atom is -0.366 e. The number of hydrogen-bond acceptors (Lipinski definition) is 4. The van der Waals surface area contributed by atoms with Gasteiger partial charge in [-0.05, 0) is 23.6 Å². The number of likely N-dealkylation sites (N-methyl/N-ethyl adjacent to an activating group) is 1. The second-order valence-electron chi connectivity index (χ2n) is 7.61. The van der Waals surface area contributed by atoms with Crippen LogP contribution < -0.4 is 15.5 Å². The number of para-hydroxylation sites is 1. The van der Waals surface area contributed by atoms with Gasteiger partial charge in [-0.1, -0.05) is 54.6 Å². The molecule has 1 fully saturated rings. The van der Waals surface area contributed by atoms with E-state index in [2.05, 4.69) is 10.6 Å². The molecule has 154 valence electrons. The number of anilines is 2. The Morgan fingerprint density at radius 1 is 0.935 bits per heavy atom. The second-order valence-corrected chi connectivity index (χ2v) is 7.61. The molecule has 3 aromatic rings. The predicted octanol–water partition coefficient (Wildman–Crippen LogP) is 3.10. The molecule has 3 aromatic carbocycles. The number of carbonyl (C=O) groups is 3. The SMILES string of the molecule is CN1C=C(C(=O)Nc2cccc3ccccc23)C2NC(=O)N(c3ccccc3)C(=O)C21. The van der Waals surface area contributed by atoms with Gasteiger partial charge in [-0.25, -0.2) is 9.69 Å². The molecule has 0 bridgehead atoms. The van der Waals surface area contributed by atoms with Gasteiger partial charge in [0.05, 0.1) is 17.3 Å². The third-order valence-corrected chi connectivity index (χ3v) is 5.70. The Hall–Kier alpha value is -4.13. The van der Waals surface area contributed by atoms with Crippen LogP contribution in [0.1, 0.15) is 0 Å². The summed E-state index contributed by atoms with van der Waals surface area (Å²) in [6.45, 7) is 0. The second kappa shape index (κ2) is 7.28. The highest BCUT2D eigenvalue weighted by molar-refractivity contribution is 6.20. The Bertz CT molecular complexity index is 1230. The first-order chi connectivity index (χ1) is 15.0. The fraction of sp³-hybridized carbons (Fsp3) is 0.125. The number of imide groups is 1. The van der Waals surface area contributed by atoms with Gasteiger partial charge in [0.1, 0.15) is 6.04 Å². The van der Waals surface area contributed by atoms with E-state index in [4.69, 9.17) is 0 Å². The number of fused-ring (bicyclic) bond motifs is 2. The molecule has 2 N–H and O–H groups in total. The fourth-order valence-electron chi connectivity index (χ4n) is 4.24. The van der Waals surface area contributed by atoms with E-state index in [9.17, 15) is 14.4 Å². The molecule has 0 spiro atoms. The van der Waals surface area contributed by atoms with Crippen molar-refractivity contribution in [3.05, 3.63) is 84.6 Å². The van der Waals surface area contributed by atoms with Gasteiger partial charge in [-0.3, -0.25) is 9.59 Å². The molecular weight excluding hydrogens is 392 g/mol. The van der Waals surface area contributed by atoms with Crippen molar-refractivity contribution in [2.24, 2.45) is 0 Å². The quantitative estimate of drug-likeness (QED) is 0.693. The normalized spacial score (nSPS) is 20.4. The minimum atomic E-state index is -0.722. The lowest BCUT2D eigenvalue weighted by atomic mass is 9.98. The van der Waals surface area contributed by atoms with E-state index >= 15 is 0 Å². The van der Waals surface area contributed by atoms with E-state index in [0.29, 0.717) is 16.9 Å². The predicted molar refractivity (Wildman–Crippen MR) is 118 cm³/mol. The van der Waals surface area contributed by atoms with E-state index in [-0.39, 0.29) is 11.8 Å². The molecule has 0 radical (unpaired) electrons. The Labute approximate surface area is 178 Å². The first-order valence-electron chi connectivity index (χ1n) is 9.97. The fourth-order valence-corrected chi connectivity index (χ4v) is 4.24. The van der Waals surface area contributed by atoms with Crippen LogP contribution in [0.15, 0.2) is 84.6 Å². The number of urea groups is 1. The molecule has 2 atom stereocenters. The number of nitrogens with one attached hydrogen (secondary N) is 2. The largest absolute Gasteiger partial charge is 0.366 e. The van der Waals surface area contributed by atoms with Crippen molar-refractivity contribution in [1.29, 1.82) is 0 Å². The summed E-state index contributed by atoms with van der Waals surface area (Å²) in [5.41, 5.74) is 1.51. The minimum absolute atomic E-state index is 0.342. The van der Waals surface area contributed by atoms with Gasteiger partial charge in [-0.2, -0.15) is 0 Å². The van der Waals surface area contributed by atoms with Gasteiger partial charge in [0, 0.05) is 24.3 Å². The smallest absolute Gasteiger partial charge is 0.329 e. The van der Waals surface area contributed by atoms with E-state index < -0.39 is 18.1 Å². The van der Waals surface area contributed by atoms with Crippen LogP contribution in [0.3, 0.4) is 0 Å². The van der Waals surface area contributed by atoms with E-state index in [1.165, 1.54) is 0 Å². The third-order valence-electron chi connectivity index (χ3n) is 5.70. The summed E-state index contributed by atoms with van der Waals surface area (Å²) in [6, 6.07) is 20.2. The maximum absolute atomic E-state index is 13.2. The average molecular weight is 412 g/mol. The van der Waals surface area contributed by atoms with Gasteiger partial charge < -0.3 is 15.5 Å². The Morgan fingerprint density at radius 2 is 1.65 bits per heavy atom. The van der Waals surface area contributed by atoms with Crippen molar-refractivity contribution in [2.45, 2.75) is 12.1 Å². The van der Waals surface area contributed by atoms with Gasteiger partial charge >= 0.3 is 6.03 Å². The molecule has 5 rings (SSSR count). The van der Waals surface area contributed by atoms with Crippen LogP contribution in [0.4, 0.5) is 16.2 Å². The van der Waals surface area contributed by atoms with Crippen molar-refractivity contribution in [3.63, 3.8) is 0 Å². The van der Waals surface area contributed by atoms with E-state index in [1.54, 1.807) is 42.4 Å². The van der Waals surface area contributed by atoms with Crippen LogP contribution in [0.5, 0.6) is 0 Å². The Kier molecular flexibility index (Phi) is 4.43. The van der Waals surface area contributed by atoms with Crippen LogP contribution >= 0.6 is 0 Å². The summed E-state index contributed by atoms with van der Waals surface area (Å²) in [7, 11) is 1.73. The molecule has 4 amide bonds. The molecule has 0 aromatic heterocycles. The maximum Gasteiger partial charge on any atom is 0.329 e. The highest BCUT2D eigenvalue weighted by Gasteiger charge is 2.49. The van der Waals surface area contributed by atoms with Crippen molar-refractivity contribution in [2.75, 3.05) is 17.3 Å². The highest BCUT2D eigenvalue weighted by atomic mass is 16.2. The number of nitrogens with zero attached hydrogens (tertiary/aromatic N) is 2. The van der Waals surface area contributed by atoms with Crippen LogP contribution in [0, 0.1) is 0 Å². The number of rotatable bonds is 3. The van der Waals surface area contributed by atoms with Gasteiger partial charge in [0.2, 0.25) is 0 Å². The number of amides is 4. The van der Waals surface area contributed by atoms with Crippen LogP contribution in [-0.2, 0) is 9.59 Å². The van der Waals surface area contributed by atoms with Gasteiger partial charge in [-0.15, -0.1) is 0 Å². The standard InChI is InChI=1S/C24H20N4O3/c1-27-14-18(22(29)25-19-13-7-9-15-8-5-6-12-17(15)19)20-21(27)23(30)28(24(31)26-20)16-10-3-2-4-11-16/h2-14,20-21H,1H3,(H,25,29)(H,26,31). The summed E-state index contributed by atoms with van der Waals surface area (Å²) in [5, 5.41) is 7.71. The van der Waals surface area contributed by atoms with Crippen LogP contribution in [0.2, 0.25) is 0 Å².